The van der Waals surface area contributed by atoms with Gasteiger partial charge >= 0.3 is 0 Å². The normalized spacial score (nSPS) is 14.1. The van der Waals surface area contributed by atoms with Crippen LogP contribution >= 0.6 is 11.3 Å². The van der Waals surface area contributed by atoms with E-state index in [-0.39, 0.29) is 18.0 Å². The Morgan fingerprint density at radius 3 is 2.65 bits per heavy atom. The number of hydrogen-bond donors (Lipinski definition) is 2. The zero-order chi connectivity index (χ0) is 14.9. The first-order chi connectivity index (χ1) is 9.40. The number of aryl methyl sites for hydroxylation is 2. The van der Waals surface area contributed by atoms with Crippen molar-refractivity contribution in [3.63, 3.8) is 0 Å². The third kappa shape index (κ3) is 2.88. The Hall–Kier alpha value is -1.73. The summed E-state index contributed by atoms with van der Waals surface area (Å²) in [6, 6.07) is -0.351. The number of nitrogens with zero attached hydrogens (tertiary/aromatic N) is 2. The average molecular weight is 294 g/mol. The minimum absolute atomic E-state index is 0.165. The van der Waals surface area contributed by atoms with Crippen molar-refractivity contribution in [3.8, 4) is 0 Å². The zero-order valence-corrected chi connectivity index (χ0v) is 12.7. The van der Waals surface area contributed by atoms with Crippen LogP contribution in [0.5, 0.6) is 0 Å². The number of rotatable bonds is 4. The lowest BCUT2D eigenvalue weighted by molar-refractivity contribution is 0.0935. The molecule has 0 aliphatic rings. The van der Waals surface area contributed by atoms with Crippen LogP contribution in [0, 0.1) is 13.8 Å². The van der Waals surface area contributed by atoms with Gasteiger partial charge in [0.2, 0.25) is 0 Å². The van der Waals surface area contributed by atoms with E-state index in [2.05, 4.69) is 15.5 Å². The molecule has 2 aromatic heterocycles. The Balaban J connectivity index is 2.11. The smallest absolute Gasteiger partial charge is 0.271 e. The number of nitrogens with two attached hydrogens (primary N) is 1. The minimum atomic E-state index is -0.222. The third-order valence-electron chi connectivity index (χ3n) is 3.01. The van der Waals surface area contributed by atoms with Crippen molar-refractivity contribution in [1.82, 2.24) is 15.5 Å². The van der Waals surface area contributed by atoms with Gasteiger partial charge in [-0.3, -0.25) is 4.79 Å². The maximum atomic E-state index is 12.2. The van der Waals surface area contributed by atoms with Crippen LogP contribution in [0.15, 0.2) is 9.90 Å². The van der Waals surface area contributed by atoms with Crippen molar-refractivity contribution in [2.45, 2.75) is 39.8 Å². The Kier molecular flexibility index (Phi) is 4.20. The van der Waals surface area contributed by atoms with Crippen molar-refractivity contribution in [1.29, 1.82) is 0 Å². The van der Waals surface area contributed by atoms with Gasteiger partial charge in [0.15, 0.2) is 0 Å². The Bertz CT molecular complexity index is 598. The molecule has 0 saturated carbocycles. The van der Waals surface area contributed by atoms with Crippen molar-refractivity contribution in [3.05, 3.63) is 33.1 Å². The SMILES string of the molecule is Cc1noc(C)c1C(C)NC(=O)c1csc(C(C)N)n1. The van der Waals surface area contributed by atoms with E-state index in [1.165, 1.54) is 11.3 Å². The molecule has 2 heterocycles. The molecule has 0 saturated heterocycles. The maximum absolute atomic E-state index is 12.2. The number of thiazole rings is 1. The van der Waals surface area contributed by atoms with Gasteiger partial charge in [-0.25, -0.2) is 4.98 Å². The lowest BCUT2D eigenvalue weighted by Gasteiger charge is -2.12. The van der Waals surface area contributed by atoms with Crippen molar-refractivity contribution in [2.24, 2.45) is 5.73 Å². The van der Waals surface area contributed by atoms with Gasteiger partial charge in [-0.1, -0.05) is 5.16 Å². The summed E-state index contributed by atoms with van der Waals surface area (Å²) in [5, 5.41) is 9.25. The van der Waals surface area contributed by atoms with Crippen LogP contribution in [0.1, 0.15) is 58.4 Å². The monoisotopic (exact) mass is 294 g/mol. The lowest BCUT2D eigenvalue weighted by Crippen LogP contribution is -2.27. The number of amides is 1. The number of carbonyl (C=O) groups is 1. The lowest BCUT2D eigenvalue weighted by atomic mass is 10.1. The highest BCUT2D eigenvalue weighted by molar-refractivity contribution is 7.09. The van der Waals surface area contributed by atoms with Gasteiger partial charge in [-0.05, 0) is 27.7 Å². The van der Waals surface area contributed by atoms with Gasteiger partial charge in [-0.2, -0.15) is 0 Å². The summed E-state index contributed by atoms with van der Waals surface area (Å²) in [6.07, 6.45) is 0. The van der Waals surface area contributed by atoms with Crippen LogP contribution in [0.2, 0.25) is 0 Å². The largest absolute Gasteiger partial charge is 0.361 e. The molecule has 0 aliphatic heterocycles. The van der Waals surface area contributed by atoms with Gasteiger partial charge < -0.3 is 15.6 Å². The van der Waals surface area contributed by atoms with E-state index in [1.807, 2.05) is 27.7 Å². The zero-order valence-electron chi connectivity index (χ0n) is 11.9. The highest BCUT2D eigenvalue weighted by Crippen LogP contribution is 2.22. The predicted octanol–water partition coefficient (Wildman–Crippen LogP) is 2.26. The molecule has 0 radical (unpaired) electrons. The second-order valence-electron chi connectivity index (χ2n) is 4.79. The highest BCUT2D eigenvalue weighted by atomic mass is 32.1. The summed E-state index contributed by atoms with van der Waals surface area (Å²) in [5.41, 5.74) is 7.82. The van der Waals surface area contributed by atoms with E-state index < -0.39 is 0 Å². The van der Waals surface area contributed by atoms with Gasteiger partial charge in [-0.15, -0.1) is 11.3 Å². The quantitative estimate of drug-likeness (QED) is 0.902. The summed E-state index contributed by atoms with van der Waals surface area (Å²) >= 11 is 1.39. The molecule has 7 heteroatoms. The van der Waals surface area contributed by atoms with Gasteiger partial charge in [0.25, 0.3) is 5.91 Å². The van der Waals surface area contributed by atoms with Crippen molar-refractivity contribution in [2.75, 3.05) is 0 Å². The van der Waals surface area contributed by atoms with E-state index in [1.54, 1.807) is 5.38 Å². The summed E-state index contributed by atoms with van der Waals surface area (Å²) in [4.78, 5) is 16.4. The van der Waals surface area contributed by atoms with Crippen molar-refractivity contribution >= 4 is 17.2 Å². The van der Waals surface area contributed by atoms with Crippen LogP contribution in [-0.2, 0) is 0 Å². The molecule has 0 aliphatic carbocycles. The summed E-state index contributed by atoms with van der Waals surface area (Å²) < 4.78 is 5.11. The van der Waals surface area contributed by atoms with Crippen LogP contribution < -0.4 is 11.1 Å². The molecule has 2 atom stereocenters. The molecule has 0 aromatic carbocycles. The average Bonchev–Trinajstić information content (AvgIpc) is 2.96. The fourth-order valence-electron chi connectivity index (χ4n) is 2.05. The predicted molar refractivity (Wildman–Crippen MR) is 76.6 cm³/mol. The Morgan fingerprint density at radius 2 is 2.15 bits per heavy atom. The fourth-order valence-corrected chi connectivity index (χ4v) is 2.81. The van der Waals surface area contributed by atoms with E-state index in [0.29, 0.717) is 11.5 Å². The highest BCUT2D eigenvalue weighted by Gasteiger charge is 2.20. The number of nitrogens with one attached hydrogen (secondary N) is 1. The first-order valence-electron chi connectivity index (χ1n) is 6.34. The molecule has 0 bridgehead atoms. The summed E-state index contributed by atoms with van der Waals surface area (Å²) in [6.45, 7) is 7.41. The molecule has 108 valence electrons. The molecule has 1 amide bonds. The number of aromatic nitrogens is 2. The minimum Gasteiger partial charge on any atom is -0.361 e. The number of hydrogen-bond acceptors (Lipinski definition) is 6. The first-order valence-corrected chi connectivity index (χ1v) is 7.22. The molecule has 6 nitrogen and oxygen atoms in total. The van der Waals surface area contributed by atoms with Crippen molar-refractivity contribution < 1.29 is 9.32 Å². The fraction of sp³-hybridized carbons (Fsp3) is 0.462. The molecule has 0 spiro atoms. The van der Waals surface area contributed by atoms with E-state index >= 15 is 0 Å². The third-order valence-corrected chi connectivity index (χ3v) is 4.06. The Labute approximate surface area is 121 Å². The van der Waals surface area contributed by atoms with Crippen LogP contribution in [-0.4, -0.2) is 16.0 Å². The van der Waals surface area contributed by atoms with E-state index in [9.17, 15) is 4.79 Å². The molecular formula is C13H18N4O2S. The molecule has 2 unspecified atom stereocenters. The Morgan fingerprint density at radius 1 is 1.45 bits per heavy atom. The van der Waals surface area contributed by atoms with E-state index in [4.69, 9.17) is 10.3 Å². The molecule has 0 fully saturated rings. The standard InChI is InChI=1S/C13H18N4O2S/c1-6(14)13-16-10(5-20-13)12(18)15-7(2)11-8(3)17-19-9(11)4/h5-7H,14H2,1-4H3,(H,15,18). The molecule has 2 rings (SSSR count). The topological polar surface area (TPSA) is 94.0 Å². The second kappa shape index (κ2) is 5.72. The maximum Gasteiger partial charge on any atom is 0.271 e. The van der Waals surface area contributed by atoms with Crippen LogP contribution in [0.3, 0.4) is 0 Å². The molecular weight excluding hydrogens is 276 g/mol. The molecule has 2 aromatic rings. The summed E-state index contributed by atoms with van der Waals surface area (Å²) in [5.74, 6) is 0.491. The molecule has 3 N–H and O–H groups in total. The number of carbonyl (C=O) groups excluding carboxylic acids is 1. The van der Waals surface area contributed by atoms with Gasteiger partial charge in [0.05, 0.1) is 17.8 Å². The van der Waals surface area contributed by atoms with Crippen LogP contribution in [0.25, 0.3) is 0 Å². The molecule has 20 heavy (non-hydrogen) atoms. The summed E-state index contributed by atoms with van der Waals surface area (Å²) in [7, 11) is 0. The first kappa shape index (κ1) is 14.7. The van der Waals surface area contributed by atoms with E-state index in [0.717, 1.165) is 16.3 Å². The van der Waals surface area contributed by atoms with Crippen LogP contribution in [0.4, 0.5) is 0 Å². The van der Waals surface area contributed by atoms with Gasteiger partial charge in [0.1, 0.15) is 16.5 Å². The van der Waals surface area contributed by atoms with Gasteiger partial charge in [0, 0.05) is 10.9 Å². The second-order valence-corrected chi connectivity index (χ2v) is 5.68.